The van der Waals surface area contributed by atoms with Gasteiger partial charge in [0, 0.05) is 6.54 Å². The smallest absolute Gasteiger partial charge is 0.410 e. The number of likely N-dealkylation sites (tertiary alicyclic amines) is 1. The molecule has 2 N–H and O–H groups in total. The standard InChI is InChI=1S/C13H15NO5/c15-11-7-14(6-10(11)12(16)17)13(18)19-8-9-4-2-1-3-5-9/h1-5,10-11,15H,6-8H2,(H,16,17)/t10-,11-/m1/s1. The van der Waals surface area contributed by atoms with Crippen molar-refractivity contribution in [1.82, 2.24) is 4.90 Å². The highest BCUT2D eigenvalue weighted by Gasteiger charge is 2.39. The number of amides is 1. The summed E-state index contributed by atoms with van der Waals surface area (Å²) in [6.07, 6.45) is -1.64. The van der Waals surface area contributed by atoms with Crippen LogP contribution in [0.3, 0.4) is 0 Å². The molecule has 1 aromatic carbocycles. The monoisotopic (exact) mass is 265 g/mol. The molecular weight excluding hydrogens is 250 g/mol. The van der Waals surface area contributed by atoms with E-state index in [4.69, 9.17) is 9.84 Å². The lowest BCUT2D eigenvalue weighted by Gasteiger charge is -2.15. The van der Waals surface area contributed by atoms with Crippen LogP contribution in [0.1, 0.15) is 5.56 Å². The second kappa shape index (κ2) is 5.71. The van der Waals surface area contributed by atoms with Gasteiger partial charge in [-0.1, -0.05) is 30.3 Å². The van der Waals surface area contributed by atoms with Crippen molar-refractivity contribution >= 4 is 12.1 Å². The Kier molecular flexibility index (Phi) is 4.01. The van der Waals surface area contributed by atoms with Gasteiger partial charge in [-0.3, -0.25) is 4.79 Å². The molecule has 1 heterocycles. The van der Waals surface area contributed by atoms with Crippen molar-refractivity contribution in [3.63, 3.8) is 0 Å². The molecule has 1 aromatic rings. The molecule has 0 saturated carbocycles. The van der Waals surface area contributed by atoms with E-state index < -0.39 is 24.1 Å². The number of benzene rings is 1. The van der Waals surface area contributed by atoms with Crippen molar-refractivity contribution in [3.8, 4) is 0 Å². The molecule has 1 amide bonds. The fourth-order valence-electron chi connectivity index (χ4n) is 1.99. The van der Waals surface area contributed by atoms with Gasteiger partial charge >= 0.3 is 12.1 Å². The Bertz CT molecular complexity index is 461. The van der Waals surface area contributed by atoms with Gasteiger partial charge < -0.3 is 19.8 Å². The number of carbonyl (C=O) groups is 2. The quantitative estimate of drug-likeness (QED) is 0.840. The number of carbonyl (C=O) groups excluding carboxylic acids is 1. The molecule has 6 heteroatoms. The average Bonchev–Trinajstić information content (AvgIpc) is 2.79. The fourth-order valence-corrected chi connectivity index (χ4v) is 1.99. The lowest BCUT2D eigenvalue weighted by molar-refractivity contribution is -0.143. The van der Waals surface area contributed by atoms with Gasteiger partial charge in [0.25, 0.3) is 0 Å². The Morgan fingerprint density at radius 1 is 1.26 bits per heavy atom. The number of β-amino-alcohol motifs (C(OH)–C–C–N with tert-alkyl or cyclic N) is 1. The van der Waals surface area contributed by atoms with Crippen LogP contribution in [0.5, 0.6) is 0 Å². The highest BCUT2D eigenvalue weighted by Crippen LogP contribution is 2.18. The maximum absolute atomic E-state index is 11.7. The average molecular weight is 265 g/mol. The zero-order chi connectivity index (χ0) is 13.8. The van der Waals surface area contributed by atoms with Gasteiger partial charge in [0.05, 0.1) is 12.6 Å². The van der Waals surface area contributed by atoms with Gasteiger partial charge in [0.1, 0.15) is 12.5 Å². The number of nitrogens with zero attached hydrogens (tertiary/aromatic N) is 1. The van der Waals surface area contributed by atoms with E-state index in [2.05, 4.69) is 0 Å². The molecule has 2 rings (SSSR count). The molecule has 1 saturated heterocycles. The van der Waals surface area contributed by atoms with Crippen LogP contribution in [0.2, 0.25) is 0 Å². The molecule has 6 nitrogen and oxygen atoms in total. The molecule has 0 unspecified atom stereocenters. The van der Waals surface area contributed by atoms with Crippen molar-refractivity contribution < 1.29 is 24.5 Å². The van der Waals surface area contributed by atoms with E-state index in [0.29, 0.717) is 0 Å². The van der Waals surface area contributed by atoms with E-state index in [0.717, 1.165) is 5.56 Å². The van der Waals surface area contributed by atoms with E-state index in [1.165, 1.54) is 4.90 Å². The van der Waals surface area contributed by atoms with Crippen LogP contribution < -0.4 is 0 Å². The highest BCUT2D eigenvalue weighted by atomic mass is 16.6. The summed E-state index contributed by atoms with van der Waals surface area (Å²) in [7, 11) is 0. The second-order valence-corrected chi connectivity index (χ2v) is 4.46. The summed E-state index contributed by atoms with van der Waals surface area (Å²) in [4.78, 5) is 23.8. The summed E-state index contributed by atoms with van der Waals surface area (Å²) in [5.74, 6) is -2.05. The molecule has 102 valence electrons. The number of aliphatic hydroxyl groups excluding tert-OH is 1. The number of hydrogen-bond acceptors (Lipinski definition) is 4. The number of carboxylic acid groups (broad SMARTS) is 1. The minimum Gasteiger partial charge on any atom is -0.481 e. The molecule has 19 heavy (non-hydrogen) atoms. The van der Waals surface area contributed by atoms with Crippen molar-refractivity contribution in [3.05, 3.63) is 35.9 Å². The van der Waals surface area contributed by atoms with Crippen LogP contribution >= 0.6 is 0 Å². The van der Waals surface area contributed by atoms with Crippen LogP contribution in [0.4, 0.5) is 4.79 Å². The van der Waals surface area contributed by atoms with Crippen molar-refractivity contribution in [2.24, 2.45) is 5.92 Å². The second-order valence-electron chi connectivity index (χ2n) is 4.46. The Morgan fingerprint density at radius 2 is 1.95 bits per heavy atom. The third-order valence-electron chi connectivity index (χ3n) is 3.07. The number of carboxylic acids is 1. The topological polar surface area (TPSA) is 87.1 Å². The normalized spacial score (nSPS) is 22.3. The van der Waals surface area contributed by atoms with Crippen LogP contribution in [0, 0.1) is 5.92 Å². The van der Waals surface area contributed by atoms with Crippen LogP contribution in [-0.4, -0.2) is 46.4 Å². The largest absolute Gasteiger partial charge is 0.481 e. The molecular formula is C13H15NO5. The number of aliphatic carboxylic acids is 1. The summed E-state index contributed by atoms with van der Waals surface area (Å²) >= 11 is 0. The Hall–Kier alpha value is -2.08. The van der Waals surface area contributed by atoms with E-state index in [9.17, 15) is 14.7 Å². The maximum atomic E-state index is 11.7. The van der Waals surface area contributed by atoms with Crippen LogP contribution in [-0.2, 0) is 16.1 Å². The van der Waals surface area contributed by atoms with Gasteiger partial charge in [-0.05, 0) is 5.56 Å². The molecule has 0 radical (unpaired) electrons. The lowest BCUT2D eigenvalue weighted by atomic mass is 10.1. The summed E-state index contributed by atoms with van der Waals surface area (Å²) in [6.45, 7) is 0.0960. The predicted octanol–water partition coefficient (Wildman–Crippen LogP) is 0.701. The Morgan fingerprint density at radius 3 is 2.53 bits per heavy atom. The first-order valence-electron chi connectivity index (χ1n) is 5.94. The SMILES string of the molecule is O=C(O)[C@@H]1CN(C(=O)OCc2ccccc2)C[C@H]1O. The molecule has 0 aliphatic carbocycles. The summed E-state index contributed by atoms with van der Waals surface area (Å²) < 4.78 is 5.07. The lowest BCUT2D eigenvalue weighted by Crippen LogP contribution is -2.30. The third kappa shape index (κ3) is 3.23. The first-order chi connectivity index (χ1) is 9.08. The zero-order valence-corrected chi connectivity index (χ0v) is 10.2. The third-order valence-corrected chi connectivity index (χ3v) is 3.07. The van der Waals surface area contributed by atoms with Gasteiger partial charge in [0.15, 0.2) is 0 Å². The van der Waals surface area contributed by atoms with Gasteiger partial charge in [-0.25, -0.2) is 4.79 Å². The van der Waals surface area contributed by atoms with Crippen LogP contribution in [0.25, 0.3) is 0 Å². The number of ether oxygens (including phenoxy) is 1. The van der Waals surface area contributed by atoms with Crippen molar-refractivity contribution in [1.29, 1.82) is 0 Å². The molecule has 2 atom stereocenters. The molecule has 0 spiro atoms. The van der Waals surface area contributed by atoms with Crippen molar-refractivity contribution in [2.75, 3.05) is 13.1 Å². The minimum absolute atomic E-state index is 0.00934. The number of aliphatic hydroxyl groups is 1. The van der Waals surface area contributed by atoms with Crippen molar-refractivity contribution in [2.45, 2.75) is 12.7 Å². The minimum atomic E-state index is -1.11. The van der Waals surface area contributed by atoms with Gasteiger partial charge in [-0.2, -0.15) is 0 Å². The summed E-state index contributed by atoms with van der Waals surface area (Å²) in [5, 5.41) is 18.4. The first-order valence-corrected chi connectivity index (χ1v) is 5.94. The maximum Gasteiger partial charge on any atom is 0.410 e. The first kappa shape index (κ1) is 13.4. The fraction of sp³-hybridized carbons (Fsp3) is 0.385. The molecule has 1 fully saturated rings. The zero-order valence-electron chi connectivity index (χ0n) is 10.2. The highest BCUT2D eigenvalue weighted by molar-refractivity contribution is 5.74. The number of hydrogen-bond donors (Lipinski definition) is 2. The molecule has 0 bridgehead atoms. The van der Waals surface area contributed by atoms with E-state index in [1.54, 1.807) is 0 Å². The summed E-state index contributed by atoms with van der Waals surface area (Å²) in [6, 6.07) is 9.18. The van der Waals surface area contributed by atoms with Gasteiger partial charge in [-0.15, -0.1) is 0 Å². The van der Waals surface area contributed by atoms with E-state index in [-0.39, 0.29) is 19.7 Å². The van der Waals surface area contributed by atoms with E-state index >= 15 is 0 Å². The molecule has 1 aliphatic rings. The van der Waals surface area contributed by atoms with Gasteiger partial charge in [0.2, 0.25) is 0 Å². The Labute approximate surface area is 110 Å². The Balaban J connectivity index is 1.86. The van der Waals surface area contributed by atoms with E-state index in [1.807, 2.05) is 30.3 Å². The van der Waals surface area contributed by atoms with Crippen LogP contribution in [0.15, 0.2) is 30.3 Å². The number of rotatable bonds is 3. The summed E-state index contributed by atoms with van der Waals surface area (Å²) in [5.41, 5.74) is 0.852. The molecule has 0 aromatic heterocycles. The predicted molar refractivity (Wildman–Crippen MR) is 65.3 cm³/mol. The molecule has 1 aliphatic heterocycles.